The first-order valence-electron chi connectivity index (χ1n) is 5.86. The predicted octanol–water partition coefficient (Wildman–Crippen LogP) is 3.59. The van der Waals surface area contributed by atoms with E-state index >= 15 is 0 Å². The van der Waals surface area contributed by atoms with Crippen LogP contribution in [0.5, 0.6) is 5.75 Å². The lowest BCUT2D eigenvalue weighted by molar-refractivity contribution is 0.340. The zero-order valence-electron chi connectivity index (χ0n) is 10.5. The molecule has 0 aliphatic heterocycles. The number of benzene rings is 1. The molecule has 0 bridgehead atoms. The maximum Gasteiger partial charge on any atom is 0.159 e. The fraction of sp³-hybridized carbons (Fsp3) is 0.286. The number of rotatable bonds is 4. The summed E-state index contributed by atoms with van der Waals surface area (Å²) in [6.07, 6.45) is 1.78. The molecule has 0 amide bonds. The van der Waals surface area contributed by atoms with Gasteiger partial charge in [-0.15, -0.1) is 11.6 Å². The number of ether oxygens (including phenoxy) is 1. The summed E-state index contributed by atoms with van der Waals surface area (Å²) in [7, 11) is 0. The van der Waals surface area contributed by atoms with Crippen molar-refractivity contribution in [1.29, 1.82) is 0 Å². The Hall–Kier alpha value is -1.61. The van der Waals surface area contributed by atoms with Crippen molar-refractivity contribution >= 4 is 11.6 Å². The first kappa shape index (κ1) is 12.8. The Bertz CT molecular complexity index is 543. The molecule has 1 heterocycles. The number of nitrogens with zero attached hydrogens (tertiary/aromatic N) is 2. The topological polar surface area (TPSA) is 35.0 Å². The van der Waals surface area contributed by atoms with Crippen LogP contribution in [0.4, 0.5) is 0 Å². The first-order chi connectivity index (χ1) is 8.74. The molecule has 3 nitrogen and oxygen atoms in total. The molecule has 1 aromatic carbocycles. The minimum absolute atomic E-state index is 0.436. The van der Waals surface area contributed by atoms with Gasteiger partial charge in [-0.1, -0.05) is 12.1 Å². The Labute approximate surface area is 112 Å². The fourth-order valence-corrected chi connectivity index (χ4v) is 1.92. The molecular weight excluding hydrogens is 248 g/mol. The summed E-state index contributed by atoms with van der Waals surface area (Å²) in [5, 5.41) is 0. The lowest BCUT2D eigenvalue weighted by Crippen LogP contribution is -1.97. The van der Waals surface area contributed by atoms with Gasteiger partial charge in [-0.2, -0.15) is 0 Å². The van der Waals surface area contributed by atoms with Gasteiger partial charge in [0.05, 0.1) is 12.5 Å². The average molecular weight is 263 g/mol. The van der Waals surface area contributed by atoms with E-state index in [9.17, 15) is 0 Å². The second-order valence-corrected chi connectivity index (χ2v) is 4.17. The van der Waals surface area contributed by atoms with E-state index in [1.165, 1.54) is 0 Å². The number of alkyl halides is 1. The summed E-state index contributed by atoms with van der Waals surface area (Å²) in [4.78, 5) is 8.80. The Morgan fingerprint density at radius 1 is 1.33 bits per heavy atom. The third kappa shape index (κ3) is 2.79. The van der Waals surface area contributed by atoms with Gasteiger partial charge < -0.3 is 4.74 Å². The predicted molar refractivity (Wildman–Crippen MR) is 72.9 cm³/mol. The van der Waals surface area contributed by atoms with Gasteiger partial charge in [0, 0.05) is 23.0 Å². The molecule has 0 unspecified atom stereocenters. The molecule has 0 atom stereocenters. The van der Waals surface area contributed by atoms with Gasteiger partial charge in [-0.05, 0) is 26.0 Å². The van der Waals surface area contributed by atoms with Gasteiger partial charge in [-0.25, -0.2) is 9.97 Å². The van der Waals surface area contributed by atoms with Crippen LogP contribution < -0.4 is 4.74 Å². The minimum Gasteiger partial charge on any atom is -0.494 e. The Balaban J connectivity index is 2.36. The summed E-state index contributed by atoms with van der Waals surface area (Å²) in [5.74, 6) is 1.96. The number of hydrogen-bond donors (Lipinski definition) is 0. The van der Waals surface area contributed by atoms with Crippen molar-refractivity contribution < 1.29 is 4.74 Å². The summed E-state index contributed by atoms with van der Waals surface area (Å²) in [6.45, 7) is 4.55. The second kappa shape index (κ2) is 5.83. The number of halogens is 1. The van der Waals surface area contributed by atoms with Crippen molar-refractivity contribution in [1.82, 2.24) is 9.97 Å². The summed E-state index contributed by atoms with van der Waals surface area (Å²) < 4.78 is 5.47. The van der Waals surface area contributed by atoms with E-state index in [4.69, 9.17) is 16.3 Å². The zero-order valence-corrected chi connectivity index (χ0v) is 11.2. The molecule has 2 aromatic rings. The van der Waals surface area contributed by atoms with Crippen molar-refractivity contribution in [3.05, 3.63) is 41.7 Å². The summed E-state index contributed by atoms with van der Waals surface area (Å²) in [6, 6.07) is 7.78. The number of hydrogen-bond acceptors (Lipinski definition) is 3. The van der Waals surface area contributed by atoms with Crippen LogP contribution in [-0.4, -0.2) is 16.6 Å². The van der Waals surface area contributed by atoms with E-state index in [-0.39, 0.29) is 0 Å². The molecular formula is C14H15ClN2O. The van der Waals surface area contributed by atoms with E-state index in [2.05, 4.69) is 9.97 Å². The van der Waals surface area contributed by atoms with Crippen LogP contribution in [0.1, 0.15) is 18.2 Å². The van der Waals surface area contributed by atoms with Crippen molar-refractivity contribution in [3.63, 3.8) is 0 Å². The van der Waals surface area contributed by atoms with Crippen LogP contribution in [0.25, 0.3) is 11.4 Å². The van der Waals surface area contributed by atoms with Crippen LogP contribution in [0, 0.1) is 6.92 Å². The van der Waals surface area contributed by atoms with Gasteiger partial charge in [0.1, 0.15) is 5.75 Å². The van der Waals surface area contributed by atoms with Gasteiger partial charge in [0.2, 0.25) is 0 Å². The van der Waals surface area contributed by atoms with E-state index in [1.54, 1.807) is 6.20 Å². The molecule has 18 heavy (non-hydrogen) atoms. The SMILES string of the molecule is CCOc1cccc(-c2ncc(CCl)c(C)n2)c1. The standard InChI is InChI=1S/C14H15ClN2O/c1-3-18-13-6-4-5-11(7-13)14-16-9-12(8-15)10(2)17-14/h4-7,9H,3,8H2,1-2H3. The third-order valence-corrected chi connectivity index (χ3v) is 2.92. The molecule has 1 aromatic heterocycles. The third-order valence-electron chi connectivity index (χ3n) is 2.63. The van der Waals surface area contributed by atoms with Gasteiger partial charge >= 0.3 is 0 Å². The highest BCUT2D eigenvalue weighted by molar-refractivity contribution is 6.17. The molecule has 0 aliphatic rings. The molecule has 0 saturated carbocycles. The van der Waals surface area contributed by atoms with Crippen LogP contribution in [0.3, 0.4) is 0 Å². The molecule has 0 aliphatic carbocycles. The molecule has 0 N–H and O–H groups in total. The highest BCUT2D eigenvalue weighted by atomic mass is 35.5. The van der Waals surface area contributed by atoms with E-state index in [1.807, 2.05) is 38.1 Å². The Morgan fingerprint density at radius 3 is 2.83 bits per heavy atom. The van der Waals surface area contributed by atoms with Crippen LogP contribution >= 0.6 is 11.6 Å². The molecule has 0 radical (unpaired) electrons. The largest absolute Gasteiger partial charge is 0.494 e. The average Bonchev–Trinajstić information content (AvgIpc) is 2.39. The van der Waals surface area contributed by atoms with Gasteiger partial charge in [0.25, 0.3) is 0 Å². The minimum atomic E-state index is 0.436. The van der Waals surface area contributed by atoms with E-state index in [0.717, 1.165) is 22.6 Å². The van der Waals surface area contributed by atoms with Crippen LogP contribution in [-0.2, 0) is 5.88 Å². The molecule has 0 fully saturated rings. The van der Waals surface area contributed by atoms with E-state index in [0.29, 0.717) is 18.3 Å². The molecule has 4 heteroatoms. The number of aryl methyl sites for hydroxylation is 1. The second-order valence-electron chi connectivity index (χ2n) is 3.90. The summed E-state index contributed by atoms with van der Waals surface area (Å²) >= 11 is 5.80. The molecule has 94 valence electrons. The quantitative estimate of drug-likeness (QED) is 0.790. The molecule has 2 rings (SSSR count). The summed E-state index contributed by atoms with van der Waals surface area (Å²) in [5.41, 5.74) is 2.82. The van der Waals surface area contributed by atoms with Crippen LogP contribution in [0.15, 0.2) is 30.5 Å². The van der Waals surface area contributed by atoms with E-state index < -0.39 is 0 Å². The van der Waals surface area contributed by atoms with Crippen molar-refractivity contribution in [2.24, 2.45) is 0 Å². The Morgan fingerprint density at radius 2 is 2.17 bits per heavy atom. The molecule has 0 spiro atoms. The zero-order chi connectivity index (χ0) is 13.0. The lowest BCUT2D eigenvalue weighted by atomic mass is 10.2. The highest BCUT2D eigenvalue weighted by Crippen LogP contribution is 2.21. The monoisotopic (exact) mass is 262 g/mol. The normalized spacial score (nSPS) is 10.4. The highest BCUT2D eigenvalue weighted by Gasteiger charge is 2.06. The lowest BCUT2D eigenvalue weighted by Gasteiger charge is -2.07. The van der Waals surface area contributed by atoms with Crippen molar-refractivity contribution in [2.75, 3.05) is 6.61 Å². The maximum absolute atomic E-state index is 5.80. The van der Waals surface area contributed by atoms with Crippen molar-refractivity contribution in [2.45, 2.75) is 19.7 Å². The Kier molecular flexibility index (Phi) is 4.15. The fourth-order valence-electron chi connectivity index (χ4n) is 1.65. The van der Waals surface area contributed by atoms with Gasteiger partial charge in [0.15, 0.2) is 5.82 Å². The number of aromatic nitrogens is 2. The molecule has 0 saturated heterocycles. The maximum atomic E-state index is 5.80. The smallest absolute Gasteiger partial charge is 0.159 e. The first-order valence-corrected chi connectivity index (χ1v) is 6.39. The van der Waals surface area contributed by atoms with Crippen LogP contribution in [0.2, 0.25) is 0 Å². The van der Waals surface area contributed by atoms with Gasteiger partial charge in [-0.3, -0.25) is 0 Å². The van der Waals surface area contributed by atoms with Crippen molar-refractivity contribution in [3.8, 4) is 17.1 Å².